The van der Waals surface area contributed by atoms with Crippen molar-refractivity contribution in [2.75, 3.05) is 13.7 Å². The van der Waals surface area contributed by atoms with Gasteiger partial charge >= 0.3 is 5.97 Å². The third-order valence-corrected chi connectivity index (χ3v) is 1.98. The Morgan fingerprint density at radius 3 is 2.44 bits per heavy atom. The summed E-state index contributed by atoms with van der Waals surface area (Å²) in [4.78, 5) is 16.2. The van der Waals surface area contributed by atoms with Gasteiger partial charge in [-0.2, -0.15) is 0 Å². The highest BCUT2D eigenvalue weighted by Gasteiger charge is 2.15. The first-order valence-corrected chi connectivity index (χ1v) is 5.04. The molecule has 0 saturated heterocycles. The van der Waals surface area contributed by atoms with Crippen LogP contribution in [0.3, 0.4) is 0 Å². The van der Waals surface area contributed by atoms with Gasteiger partial charge in [0.2, 0.25) is 0 Å². The van der Waals surface area contributed by atoms with Gasteiger partial charge in [-0.25, -0.2) is 4.79 Å². The van der Waals surface area contributed by atoms with Crippen LogP contribution in [0, 0.1) is 6.92 Å². The molecule has 16 heavy (non-hydrogen) atoms. The van der Waals surface area contributed by atoms with E-state index in [1.807, 2.05) is 31.2 Å². The molecule has 0 fully saturated rings. The largest absolute Gasteiger partial charge is 0.461 e. The molecule has 4 heteroatoms. The second-order valence-electron chi connectivity index (χ2n) is 3.21. The number of hydrogen-bond acceptors (Lipinski definition) is 4. The summed E-state index contributed by atoms with van der Waals surface area (Å²) >= 11 is 0. The van der Waals surface area contributed by atoms with Crippen LogP contribution in [0.1, 0.15) is 18.1 Å². The normalized spacial score (nSPS) is 11.1. The summed E-state index contributed by atoms with van der Waals surface area (Å²) in [5, 5.41) is 3.68. The van der Waals surface area contributed by atoms with Gasteiger partial charge in [0, 0.05) is 5.56 Å². The summed E-state index contributed by atoms with van der Waals surface area (Å²) < 4.78 is 4.89. The minimum atomic E-state index is -0.479. The van der Waals surface area contributed by atoms with Crippen molar-refractivity contribution in [3.63, 3.8) is 0 Å². The Morgan fingerprint density at radius 1 is 1.31 bits per heavy atom. The number of nitrogens with zero attached hydrogens (tertiary/aromatic N) is 1. The third kappa shape index (κ3) is 3.08. The Hall–Kier alpha value is -1.84. The fraction of sp³-hybridized carbons (Fsp3) is 0.333. The number of carbonyl (C=O) groups is 1. The van der Waals surface area contributed by atoms with E-state index in [-0.39, 0.29) is 5.71 Å². The van der Waals surface area contributed by atoms with Crippen molar-refractivity contribution in [1.29, 1.82) is 0 Å². The maximum Gasteiger partial charge on any atom is 0.361 e. The lowest BCUT2D eigenvalue weighted by molar-refractivity contribution is -0.135. The highest BCUT2D eigenvalue weighted by Crippen LogP contribution is 2.06. The van der Waals surface area contributed by atoms with Crippen molar-refractivity contribution in [2.45, 2.75) is 13.8 Å². The summed E-state index contributed by atoms with van der Waals surface area (Å²) in [6.45, 7) is 4.03. The molecule has 0 aliphatic heterocycles. The molecule has 0 heterocycles. The average Bonchev–Trinajstić information content (AvgIpc) is 2.28. The van der Waals surface area contributed by atoms with Gasteiger partial charge in [-0.1, -0.05) is 35.0 Å². The molecule has 0 bridgehead atoms. The maximum absolute atomic E-state index is 11.6. The molecule has 0 unspecified atom stereocenters. The van der Waals surface area contributed by atoms with Crippen LogP contribution in [0.4, 0.5) is 0 Å². The summed E-state index contributed by atoms with van der Waals surface area (Å²) in [7, 11) is 1.40. The molecular weight excluding hydrogens is 206 g/mol. The molecule has 86 valence electrons. The van der Waals surface area contributed by atoms with Gasteiger partial charge in [0.25, 0.3) is 0 Å². The van der Waals surface area contributed by atoms with Gasteiger partial charge in [0.15, 0.2) is 5.71 Å². The summed E-state index contributed by atoms with van der Waals surface area (Å²) in [5.41, 5.74) is 1.99. The number of aryl methyl sites for hydroxylation is 1. The van der Waals surface area contributed by atoms with Gasteiger partial charge in [0.1, 0.15) is 7.11 Å². The lowest BCUT2D eigenvalue weighted by atomic mass is 10.1. The number of benzene rings is 1. The van der Waals surface area contributed by atoms with Crippen LogP contribution in [0.2, 0.25) is 0 Å². The average molecular weight is 221 g/mol. The Balaban J connectivity index is 2.99. The zero-order chi connectivity index (χ0) is 12.0. The van der Waals surface area contributed by atoms with Crippen LogP contribution in [0.25, 0.3) is 0 Å². The standard InChI is InChI=1S/C12H15NO3/c1-4-16-12(14)11(13-15-3)10-7-5-9(2)6-8-10/h5-8H,4H2,1-3H3/b13-11+. The Kier molecular flexibility index (Phi) is 4.51. The highest BCUT2D eigenvalue weighted by molar-refractivity contribution is 6.43. The Labute approximate surface area is 94.9 Å². The van der Waals surface area contributed by atoms with Gasteiger partial charge in [-0.3, -0.25) is 0 Å². The van der Waals surface area contributed by atoms with E-state index in [4.69, 9.17) is 4.74 Å². The number of esters is 1. The highest BCUT2D eigenvalue weighted by atomic mass is 16.6. The van der Waals surface area contributed by atoms with Crippen LogP contribution in [0.15, 0.2) is 29.4 Å². The number of hydrogen-bond donors (Lipinski definition) is 0. The monoisotopic (exact) mass is 221 g/mol. The molecule has 0 spiro atoms. The zero-order valence-electron chi connectivity index (χ0n) is 9.69. The summed E-state index contributed by atoms with van der Waals surface area (Å²) in [5.74, 6) is -0.479. The minimum Gasteiger partial charge on any atom is -0.461 e. The van der Waals surface area contributed by atoms with Crippen LogP contribution in [-0.4, -0.2) is 25.4 Å². The molecule has 1 aromatic rings. The fourth-order valence-corrected chi connectivity index (χ4v) is 1.21. The predicted molar refractivity (Wildman–Crippen MR) is 61.4 cm³/mol. The molecule has 0 amide bonds. The van der Waals surface area contributed by atoms with Crippen molar-refractivity contribution >= 4 is 11.7 Å². The lowest BCUT2D eigenvalue weighted by Crippen LogP contribution is -2.19. The molecule has 0 atom stereocenters. The molecule has 4 nitrogen and oxygen atoms in total. The van der Waals surface area contributed by atoms with Gasteiger partial charge in [-0.05, 0) is 13.8 Å². The minimum absolute atomic E-state index is 0.185. The first-order valence-electron chi connectivity index (χ1n) is 5.04. The smallest absolute Gasteiger partial charge is 0.361 e. The molecule has 0 aliphatic carbocycles. The zero-order valence-corrected chi connectivity index (χ0v) is 9.69. The van der Waals surface area contributed by atoms with Crippen molar-refractivity contribution in [3.05, 3.63) is 35.4 Å². The molecule has 1 aromatic carbocycles. The quantitative estimate of drug-likeness (QED) is 0.443. The second kappa shape index (κ2) is 5.90. The van der Waals surface area contributed by atoms with Crippen LogP contribution < -0.4 is 0 Å². The van der Waals surface area contributed by atoms with E-state index in [2.05, 4.69) is 9.99 Å². The molecule has 0 aromatic heterocycles. The third-order valence-electron chi connectivity index (χ3n) is 1.98. The van der Waals surface area contributed by atoms with E-state index in [0.717, 1.165) is 5.56 Å². The first kappa shape index (κ1) is 12.2. The van der Waals surface area contributed by atoms with Crippen LogP contribution in [0.5, 0.6) is 0 Å². The summed E-state index contributed by atoms with van der Waals surface area (Å²) in [6, 6.07) is 7.42. The number of oxime groups is 1. The van der Waals surface area contributed by atoms with E-state index in [1.165, 1.54) is 7.11 Å². The molecule has 1 rings (SSSR count). The van der Waals surface area contributed by atoms with Crippen molar-refractivity contribution in [2.24, 2.45) is 5.16 Å². The SMILES string of the molecule is CCOC(=O)/C(=N/OC)c1ccc(C)cc1. The first-order chi connectivity index (χ1) is 7.69. The number of ether oxygens (including phenoxy) is 1. The molecule has 0 saturated carbocycles. The Bertz CT molecular complexity index is 382. The second-order valence-corrected chi connectivity index (χ2v) is 3.21. The number of carbonyl (C=O) groups excluding carboxylic acids is 1. The number of rotatable bonds is 4. The van der Waals surface area contributed by atoms with Gasteiger partial charge < -0.3 is 9.57 Å². The van der Waals surface area contributed by atoms with E-state index in [9.17, 15) is 4.79 Å². The van der Waals surface area contributed by atoms with Crippen molar-refractivity contribution in [3.8, 4) is 0 Å². The van der Waals surface area contributed by atoms with Crippen molar-refractivity contribution in [1.82, 2.24) is 0 Å². The van der Waals surface area contributed by atoms with E-state index in [0.29, 0.717) is 12.2 Å². The van der Waals surface area contributed by atoms with Gasteiger partial charge in [0.05, 0.1) is 6.61 Å². The lowest BCUT2D eigenvalue weighted by Gasteiger charge is -2.05. The maximum atomic E-state index is 11.6. The van der Waals surface area contributed by atoms with Crippen LogP contribution in [-0.2, 0) is 14.4 Å². The van der Waals surface area contributed by atoms with E-state index < -0.39 is 5.97 Å². The van der Waals surface area contributed by atoms with E-state index in [1.54, 1.807) is 6.92 Å². The van der Waals surface area contributed by atoms with Gasteiger partial charge in [-0.15, -0.1) is 0 Å². The predicted octanol–water partition coefficient (Wildman–Crippen LogP) is 1.91. The molecule has 0 N–H and O–H groups in total. The van der Waals surface area contributed by atoms with Crippen LogP contribution >= 0.6 is 0 Å². The topological polar surface area (TPSA) is 47.9 Å². The molecule has 0 radical (unpaired) electrons. The molecule has 0 aliphatic rings. The molecular formula is C12H15NO3. The van der Waals surface area contributed by atoms with E-state index >= 15 is 0 Å². The van der Waals surface area contributed by atoms with Crippen molar-refractivity contribution < 1.29 is 14.4 Å². The summed E-state index contributed by atoms with van der Waals surface area (Å²) in [6.07, 6.45) is 0. The fourth-order valence-electron chi connectivity index (χ4n) is 1.21. The Morgan fingerprint density at radius 2 is 1.94 bits per heavy atom.